The second-order valence-electron chi connectivity index (χ2n) is 6.41. The third kappa shape index (κ3) is 3.36. The van der Waals surface area contributed by atoms with E-state index in [0.717, 1.165) is 17.3 Å². The second kappa shape index (κ2) is 7.44. The molecule has 1 aliphatic heterocycles. The van der Waals surface area contributed by atoms with Crippen LogP contribution in [0.5, 0.6) is 11.5 Å². The fourth-order valence-corrected chi connectivity index (χ4v) is 3.40. The fraction of sp³-hybridized carbons (Fsp3) is 0.200. The molecular formula is C20H18ClN3O4. The Balaban J connectivity index is 1.50. The molecule has 2 N–H and O–H groups in total. The minimum atomic E-state index is -0.508. The number of aromatic nitrogens is 1. The minimum Gasteiger partial charge on any atom is -0.489 e. The number of ether oxygens (including phenoxy) is 2. The number of para-hydroxylation sites is 1. The van der Waals surface area contributed by atoms with Crippen molar-refractivity contribution in [2.24, 2.45) is 7.05 Å². The number of hydrogen-bond acceptors (Lipinski definition) is 4. The van der Waals surface area contributed by atoms with Crippen molar-refractivity contribution in [3.05, 3.63) is 58.7 Å². The van der Waals surface area contributed by atoms with E-state index in [-0.39, 0.29) is 10.6 Å². The van der Waals surface area contributed by atoms with Crippen LogP contribution in [-0.2, 0) is 7.05 Å². The van der Waals surface area contributed by atoms with Crippen LogP contribution in [0.25, 0.3) is 10.9 Å². The average Bonchev–Trinajstić information content (AvgIpc) is 2.87. The lowest BCUT2D eigenvalue weighted by Gasteiger charge is -2.12. The third-order valence-electron chi connectivity index (χ3n) is 4.50. The van der Waals surface area contributed by atoms with Crippen molar-refractivity contribution in [1.29, 1.82) is 0 Å². The van der Waals surface area contributed by atoms with Crippen LogP contribution in [0.3, 0.4) is 0 Å². The molecule has 1 aliphatic rings. The number of halogens is 1. The van der Waals surface area contributed by atoms with Gasteiger partial charge in [-0.25, -0.2) is 0 Å². The zero-order valence-electron chi connectivity index (χ0n) is 15.1. The van der Waals surface area contributed by atoms with Gasteiger partial charge in [0.15, 0.2) is 11.5 Å². The molecule has 0 spiro atoms. The number of rotatable bonds is 2. The third-order valence-corrected chi connectivity index (χ3v) is 4.78. The Morgan fingerprint density at radius 3 is 2.68 bits per heavy atom. The summed E-state index contributed by atoms with van der Waals surface area (Å²) in [7, 11) is 1.86. The summed E-state index contributed by atoms with van der Waals surface area (Å²) in [6.45, 7) is 0.978. The van der Waals surface area contributed by atoms with Crippen LogP contribution >= 0.6 is 11.6 Å². The molecule has 0 atom stereocenters. The van der Waals surface area contributed by atoms with Gasteiger partial charge in [0.25, 0.3) is 11.8 Å². The van der Waals surface area contributed by atoms with Gasteiger partial charge in [0, 0.05) is 36.1 Å². The van der Waals surface area contributed by atoms with Crippen LogP contribution in [0.4, 0.5) is 0 Å². The number of fused-ring (bicyclic) bond motifs is 2. The van der Waals surface area contributed by atoms with Crippen LogP contribution in [-0.4, -0.2) is 29.6 Å². The normalized spacial score (nSPS) is 13.1. The number of nitrogens with one attached hydrogen (secondary N) is 2. The lowest BCUT2D eigenvalue weighted by Crippen LogP contribution is -2.41. The first-order valence-electron chi connectivity index (χ1n) is 8.78. The van der Waals surface area contributed by atoms with Crippen molar-refractivity contribution in [2.45, 2.75) is 6.42 Å². The maximum atomic E-state index is 12.5. The molecule has 4 rings (SSSR count). The standard InChI is InChI=1S/C20H18ClN3O4/c1-24-11-14(13-5-2-3-6-16(13)24)20(26)23-22-19(25)12-9-15(21)18-17(10-12)27-7-4-8-28-18/h2-3,5-6,9-11H,4,7-8H2,1H3,(H,22,25)(H,23,26). The smallest absolute Gasteiger partial charge is 0.271 e. The van der Waals surface area contributed by atoms with Gasteiger partial charge in [-0.3, -0.25) is 20.4 Å². The summed E-state index contributed by atoms with van der Waals surface area (Å²) in [5.74, 6) is -0.0808. The molecule has 0 radical (unpaired) electrons. The van der Waals surface area contributed by atoms with Gasteiger partial charge in [0.2, 0.25) is 0 Å². The van der Waals surface area contributed by atoms with E-state index in [4.69, 9.17) is 21.1 Å². The van der Waals surface area contributed by atoms with Gasteiger partial charge in [-0.1, -0.05) is 29.8 Å². The monoisotopic (exact) mass is 399 g/mol. The molecule has 144 valence electrons. The lowest BCUT2D eigenvalue weighted by molar-refractivity contribution is 0.0847. The summed E-state index contributed by atoms with van der Waals surface area (Å²) < 4.78 is 13.0. The molecule has 0 unspecified atom stereocenters. The van der Waals surface area contributed by atoms with E-state index in [9.17, 15) is 9.59 Å². The molecule has 0 saturated heterocycles. The lowest BCUT2D eigenvalue weighted by atomic mass is 10.1. The molecule has 0 aliphatic carbocycles. The Morgan fingerprint density at radius 1 is 1.07 bits per heavy atom. The highest BCUT2D eigenvalue weighted by Gasteiger charge is 2.19. The van der Waals surface area contributed by atoms with Gasteiger partial charge in [-0.15, -0.1) is 0 Å². The van der Waals surface area contributed by atoms with E-state index in [1.807, 2.05) is 35.9 Å². The van der Waals surface area contributed by atoms with E-state index >= 15 is 0 Å². The van der Waals surface area contributed by atoms with Crippen molar-refractivity contribution in [1.82, 2.24) is 15.4 Å². The molecule has 0 bridgehead atoms. The molecule has 3 aromatic rings. The van der Waals surface area contributed by atoms with Crippen LogP contribution in [0.1, 0.15) is 27.1 Å². The predicted octanol–water partition coefficient (Wildman–Crippen LogP) is 3.07. The first-order chi connectivity index (χ1) is 13.5. The van der Waals surface area contributed by atoms with Crippen LogP contribution in [0.2, 0.25) is 5.02 Å². The van der Waals surface area contributed by atoms with E-state index in [2.05, 4.69) is 10.9 Å². The summed E-state index contributed by atoms with van der Waals surface area (Å²) in [6.07, 6.45) is 2.45. The average molecular weight is 400 g/mol. The number of aryl methyl sites for hydroxylation is 1. The molecule has 2 heterocycles. The van der Waals surface area contributed by atoms with Gasteiger partial charge in [-0.05, 0) is 18.2 Å². The number of carbonyl (C=O) groups excluding carboxylic acids is 2. The first kappa shape index (κ1) is 18.2. The van der Waals surface area contributed by atoms with Gasteiger partial charge in [0.05, 0.1) is 23.8 Å². The molecule has 7 nitrogen and oxygen atoms in total. The zero-order chi connectivity index (χ0) is 19.7. The maximum Gasteiger partial charge on any atom is 0.271 e. The number of carbonyl (C=O) groups is 2. The molecular weight excluding hydrogens is 382 g/mol. The molecule has 1 aromatic heterocycles. The Bertz CT molecular complexity index is 1080. The maximum absolute atomic E-state index is 12.5. The predicted molar refractivity (Wildman–Crippen MR) is 105 cm³/mol. The number of nitrogens with zero attached hydrogens (tertiary/aromatic N) is 1. The highest BCUT2D eigenvalue weighted by molar-refractivity contribution is 6.32. The minimum absolute atomic E-state index is 0.257. The van der Waals surface area contributed by atoms with E-state index < -0.39 is 11.8 Å². The van der Waals surface area contributed by atoms with Gasteiger partial charge in [0.1, 0.15) is 0 Å². The number of hydrogen-bond donors (Lipinski definition) is 2. The van der Waals surface area contributed by atoms with Crippen molar-refractivity contribution in [2.75, 3.05) is 13.2 Å². The molecule has 28 heavy (non-hydrogen) atoms. The Hall–Kier alpha value is -3.19. The van der Waals surface area contributed by atoms with E-state index in [0.29, 0.717) is 30.3 Å². The quantitative estimate of drug-likeness (QED) is 0.649. The summed E-state index contributed by atoms with van der Waals surface area (Å²) >= 11 is 6.22. The van der Waals surface area contributed by atoms with Crippen molar-refractivity contribution >= 4 is 34.3 Å². The number of amides is 2. The van der Waals surface area contributed by atoms with Crippen LogP contribution < -0.4 is 20.3 Å². The molecule has 2 aromatic carbocycles. The van der Waals surface area contributed by atoms with Gasteiger partial charge < -0.3 is 14.0 Å². The molecule has 0 fully saturated rings. The van der Waals surface area contributed by atoms with Crippen LogP contribution in [0.15, 0.2) is 42.6 Å². The van der Waals surface area contributed by atoms with Crippen molar-refractivity contribution in [3.63, 3.8) is 0 Å². The summed E-state index contributed by atoms with van der Waals surface area (Å²) in [6, 6.07) is 10.6. The largest absolute Gasteiger partial charge is 0.489 e. The first-order valence-corrected chi connectivity index (χ1v) is 9.16. The Kier molecular flexibility index (Phi) is 4.83. The van der Waals surface area contributed by atoms with E-state index in [1.54, 1.807) is 12.3 Å². The van der Waals surface area contributed by atoms with E-state index in [1.165, 1.54) is 6.07 Å². The zero-order valence-corrected chi connectivity index (χ0v) is 15.9. The van der Waals surface area contributed by atoms with Gasteiger partial charge in [-0.2, -0.15) is 0 Å². The number of benzene rings is 2. The molecule has 8 heteroatoms. The summed E-state index contributed by atoms with van der Waals surface area (Å²) in [5.41, 5.74) is 6.51. The summed E-state index contributed by atoms with van der Waals surface area (Å²) in [4.78, 5) is 25.0. The highest BCUT2D eigenvalue weighted by atomic mass is 35.5. The van der Waals surface area contributed by atoms with Crippen molar-refractivity contribution in [3.8, 4) is 11.5 Å². The highest BCUT2D eigenvalue weighted by Crippen LogP contribution is 2.37. The Morgan fingerprint density at radius 2 is 1.82 bits per heavy atom. The second-order valence-corrected chi connectivity index (χ2v) is 6.82. The molecule has 2 amide bonds. The van der Waals surface area contributed by atoms with Crippen molar-refractivity contribution < 1.29 is 19.1 Å². The SMILES string of the molecule is Cn1cc(C(=O)NNC(=O)c2cc(Cl)c3c(c2)OCCCO3)c2ccccc21. The Labute approximate surface area is 166 Å². The van der Waals surface area contributed by atoms with Gasteiger partial charge >= 0.3 is 0 Å². The summed E-state index contributed by atoms with van der Waals surface area (Å²) in [5, 5.41) is 1.08. The van der Waals surface area contributed by atoms with Crippen LogP contribution in [0, 0.1) is 0 Å². The topological polar surface area (TPSA) is 81.6 Å². The number of hydrazine groups is 1. The molecule has 0 saturated carbocycles. The fourth-order valence-electron chi connectivity index (χ4n) is 3.14.